The molecule has 3 rings (SSSR count). The zero-order chi connectivity index (χ0) is 16.6. The summed E-state index contributed by atoms with van der Waals surface area (Å²) in [6, 6.07) is 9.56. The number of piperidine rings is 1. The highest BCUT2D eigenvalue weighted by atomic mass is 16.2. The van der Waals surface area contributed by atoms with E-state index in [2.05, 4.69) is 4.98 Å². The summed E-state index contributed by atoms with van der Waals surface area (Å²) in [6.45, 7) is 4.30. The molecule has 0 saturated carbocycles. The fourth-order valence-corrected chi connectivity index (χ4v) is 3.26. The molecule has 5 heteroatoms. The van der Waals surface area contributed by atoms with Crippen molar-refractivity contribution in [3.8, 4) is 0 Å². The number of aryl methyl sites for hydroxylation is 1. The molecule has 23 heavy (non-hydrogen) atoms. The zero-order valence-electron chi connectivity index (χ0n) is 13.5. The molecule has 1 aromatic carbocycles. The van der Waals surface area contributed by atoms with Crippen LogP contribution in [0.3, 0.4) is 0 Å². The number of nitrogens with zero attached hydrogens (tertiary/aromatic N) is 2. The van der Waals surface area contributed by atoms with Gasteiger partial charge in [0.1, 0.15) is 0 Å². The Hall–Kier alpha value is -2.43. The molecule has 5 nitrogen and oxygen atoms in total. The monoisotopic (exact) mass is 311 g/mol. The van der Waals surface area contributed by atoms with Gasteiger partial charge in [-0.25, -0.2) is 0 Å². The fraction of sp³-hybridized carbons (Fsp3) is 0.389. The summed E-state index contributed by atoms with van der Waals surface area (Å²) >= 11 is 0. The van der Waals surface area contributed by atoms with E-state index in [4.69, 9.17) is 5.73 Å². The van der Waals surface area contributed by atoms with Crippen molar-refractivity contribution < 1.29 is 9.59 Å². The molecule has 2 aromatic rings. The Morgan fingerprint density at radius 2 is 2.00 bits per heavy atom. The lowest BCUT2D eigenvalue weighted by Gasteiger charge is -2.37. The van der Waals surface area contributed by atoms with E-state index in [1.165, 1.54) is 0 Å². The number of fused-ring (bicyclic) bond motifs is 1. The molecular formula is C18H21N3O2. The van der Waals surface area contributed by atoms with Crippen LogP contribution in [0.15, 0.2) is 30.3 Å². The lowest BCUT2D eigenvalue weighted by atomic mass is 9.92. The predicted octanol–water partition coefficient (Wildman–Crippen LogP) is 2.27. The highest BCUT2D eigenvalue weighted by Crippen LogP contribution is 2.26. The van der Waals surface area contributed by atoms with Crippen LogP contribution >= 0.6 is 0 Å². The maximum Gasteiger partial charge on any atom is 0.254 e. The molecule has 0 radical (unpaired) electrons. The molecule has 0 unspecified atom stereocenters. The lowest BCUT2D eigenvalue weighted by molar-refractivity contribution is -0.123. The van der Waals surface area contributed by atoms with Gasteiger partial charge in [-0.3, -0.25) is 14.6 Å². The maximum atomic E-state index is 13.1. The second-order valence-electron chi connectivity index (χ2n) is 6.31. The quantitative estimate of drug-likeness (QED) is 0.924. The zero-order valence-corrected chi connectivity index (χ0v) is 13.5. The smallest absolute Gasteiger partial charge is 0.254 e. The molecule has 1 aliphatic heterocycles. The third-order valence-electron chi connectivity index (χ3n) is 4.62. The number of likely N-dealkylation sites (tertiary alicyclic amines) is 1. The minimum absolute atomic E-state index is 0.0508. The number of aromatic nitrogens is 1. The van der Waals surface area contributed by atoms with E-state index in [-0.39, 0.29) is 23.8 Å². The molecule has 2 amide bonds. The number of para-hydroxylation sites is 1. The molecule has 2 atom stereocenters. The van der Waals surface area contributed by atoms with Crippen molar-refractivity contribution in [3.05, 3.63) is 41.6 Å². The van der Waals surface area contributed by atoms with Crippen molar-refractivity contribution in [1.29, 1.82) is 0 Å². The minimum atomic E-state index is -0.328. The van der Waals surface area contributed by atoms with Crippen LogP contribution in [-0.2, 0) is 4.79 Å². The normalized spacial score (nSPS) is 21.4. The van der Waals surface area contributed by atoms with Crippen LogP contribution < -0.4 is 5.73 Å². The van der Waals surface area contributed by atoms with Crippen LogP contribution in [0.2, 0.25) is 0 Å². The first kappa shape index (κ1) is 15.5. The van der Waals surface area contributed by atoms with Crippen molar-refractivity contribution in [1.82, 2.24) is 9.88 Å². The van der Waals surface area contributed by atoms with E-state index in [0.29, 0.717) is 12.1 Å². The van der Waals surface area contributed by atoms with E-state index < -0.39 is 0 Å². The van der Waals surface area contributed by atoms with Gasteiger partial charge in [0.05, 0.1) is 17.0 Å². The van der Waals surface area contributed by atoms with Gasteiger partial charge in [-0.05, 0) is 38.8 Å². The molecule has 0 aliphatic carbocycles. The molecular weight excluding hydrogens is 290 g/mol. The Morgan fingerprint density at radius 1 is 1.26 bits per heavy atom. The number of nitrogens with two attached hydrogens (primary N) is 1. The molecule has 2 N–H and O–H groups in total. The first-order valence-electron chi connectivity index (χ1n) is 7.94. The second-order valence-corrected chi connectivity index (χ2v) is 6.31. The Labute approximate surface area is 135 Å². The largest absolute Gasteiger partial charge is 0.369 e. The Morgan fingerprint density at radius 3 is 2.74 bits per heavy atom. The number of amides is 2. The fourth-order valence-electron chi connectivity index (χ4n) is 3.26. The average molecular weight is 311 g/mol. The summed E-state index contributed by atoms with van der Waals surface area (Å²) in [5.74, 6) is -0.639. The minimum Gasteiger partial charge on any atom is -0.369 e. The molecule has 1 saturated heterocycles. The first-order valence-corrected chi connectivity index (χ1v) is 7.94. The third kappa shape index (κ3) is 2.91. The van der Waals surface area contributed by atoms with E-state index in [1.807, 2.05) is 44.2 Å². The van der Waals surface area contributed by atoms with Gasteiger partial charge in [0.15, 0.2) is 0 Å². The van der Waals surface area contributed by atoms with Crippen molar-refractivity contribution in [2.75, 3.05) is 6.54 Å². The van der Waals surface area contributed by atoms with Crippen LogP contribution in [-0.4, -0.2) is 34.3 Å². The number of hydrogen-bond donors (Lipinski definition) is 1. The van der Waals surface area contributed by atoms with Crippen LogP contribution in [0.25, 0.3) is 10.9 Å². The van der Waals surface area contributed by atoms with E-state index in [9.17, 15) is 9.59 Å². The van der Waals surface area contributed by atoms with Crippen molar-refractivity contribution in [2.45, 2.75) is 32.7 Å². The Bertz CT molecular complexity index is 772. The van der Waals surface area contributed by atoms with E-state index in [1.54, 1.807) is 4.90 Å². The van der Waals surface area contributed by atoms with Gasteiger partial charge in [0, 0.05) is 23.7 Å². The summed E-state index contributed by atoms with van der Waals surface area (Å²) in [5.41, 5.74) is 7.71. The van der Waals surface area contributed by atoms with Gasteiger partial charge in [0.2, 0.25) is 5.91 Å². The van der Waals surface area contributed by atoms with Crippen molar-refractivity contribution in [2.24, 2.45) is 11.7 Å². The number of benzene rings is 1. The topological polar surface area (TPSA) is 76.3 Å². The standard InChI is InChI=1S/C18H21N3O2/c1-11-9-15(14-5-3-4-6-16(14)20-11)18(23)21-10-13(17(19)22)8-7-12(21)2/h3-6,9,12-13H,7-8,10H2,1-2H3,(H2,19,22)/t12-,13+/m1/s1. The van der Waals surface area contributed by atoms with Gasteiger partial charge in [0.25, 0.3) is 5.91 Å². The van der Waals surface area contributed by atoms with Gasteiger partial charge in [-0.1, -0.05) is 18.2 Å². The van der Waals surface area contributed by atoms with Gasteiger partial charge < -0.3 is 10.6 Å². The Kier molecular flexibility index (Phi) is 4.03. The van der Waals surface area contributed by atoms with Gasteiger partial charge in [-0.15, -0.1) is 0 Å². The average Bonchev–Trinajstić information content (AvgIpc) is 2.53. The highest BCUT2D eigenvalue weighted by molar-refractivity contribution is 6.06. The number of primary amides is 1. The van der Waals surface area contributed by atoms with Crippen molar-refractivity contribution in [3.63, 3.8) is 0 Å². The van der Waals surface area contributed by atoms with Crippen LogP contribution in [0.1, 0.15) is 35.8 Å². The number of hydrogen-bond acceptors (Lipinski definition) is 3. The molecule has 120 valence electrons. The van der Waals surface area contributed by atoms with E-state index in [0.717, 1.165) is 29.4 Å². The van der Waals surface area contributed by atoms with Gasteiger partial charge >= 0.3 is 0 Å². The number of pyridine rings is 1. The maximum absolute atomic E-state index is 13.1. The summed E-state index contributed by atoms with van der Waals surface area (Å²) < 4.78 is 0. The SMILES string of the molecule is Cc1cc(C(=O)N2C[C@@H](C(N)=O)CC[C@H]2C)c2ccccc2n1. The number of carbonyl (C=O) groups excluding carboxylic acids is 2. The molecule has 0 bridgehead atoms. The van der Waals surface area contributed by atoms with Crippen molar-refractivity contribution >= 4 is 22.7 Å². The molecule has 1 fully saturated rings. The molecule has 1 aromatic heterocycles. The summed E-state index contributed by atoms with van der Waals surface area (Å²) in [7, 11) is 0. The highest BCUT2D eigenvalue weighted by Gasteiger charge is 2.32. The molecule has 1 aliphatic rings. The Balaban J connectivity index is 2.01. The summed E-state index contributed by atoms with van der Waals surface area (Å²) in [4.78, 5) is 30.9. The number of carbonyl (C=O) groups is 2. The molecule has 2 heterocycles. The second kappa shape index (κ2) is 5.99. The first-order chi connectivity index (χ1) is 11.0. The van der Waals surface area contributed by atoms with Crippen LogP contribution in [0.5, 0.6) is 0 Å². The summed E-state index contributed by atoms with van der Waals surface area (Å²) in [6.07, 6.45) is 1.54. The van der Waals surface area contributed by atoms with Crippen LogP contribution in [0, 0.1) is 12.8 Å². The lowest BCUT2D eigenvalue weighted by Crippen LogP contribution is -2.48. The predicted molar refractivity (Wildman–Crippen MR) is 88.9 cm³/mol. The van der Waals surface area contributed by atoms with Crippen LogP contribution in [0.4, 0.5) is 0 Å². The summed E-state index contributed by atoms with van der Waals surface area (Å²) in [5, 5.41) is 0.844. The van der Waals surface area contributed by atoms with E-state index >= 15 is 0 Å². The third-order valence-corrected chi connectivity index (χ3v) is 4.62. The van der Waals surface area contributed by atoms with Gasteiger partial charge in [-0.2, -0.15) is 0 Å². The molecule has 0 spiro atoms. The number of rotatable bonds is 2.